The van der Waals surface area contributed by atoms with Gasteiger partial charge in [0.15, 0.2) is 0 Å². The lowest BCUT2D eigenvalue weighted by Gasteiger charge is -2.37. The highest BCUT2D eigenvalue weighted by Crippen LogP contribution is 2.22. The van der Waals surface area contributed by atoms with Gasteiger partial charge in [0.25, 0.3) is 0 Å². The molecule has 2 fully saturated rings. The highest BCUT2D eigenvalue weighted by Gasteiger charge is 2.32. The van der Waals surface area contributed by atoms with E-state index in [1.165, 1.54) is 0 Å². The van der Waals surface area contributed by atoms with Crippen molar-refractivity contribution in [3.8, 4) is 0 Å². The molecule has 2 aliphatic rings. The molecule has 7 heteroatoms. The zero-order chi connectivity index (χ0) is 15.4. The summed E-state index contributed by atoms with van der Waals surface area (Å²) in [5.74, 6) is -1.05. The number of carboxylic acids is 1. The average Bonchev–Trinajstić information content (AvgIpc) is 2.53. The van der Waals surface area contributed by atoms with Gasteiger partial charge in [-0.3, -0.25) is 9.59 Å². The molecule has 2 rings (SSSR count). The van der Waals surface area contributed by atoms with E-state index >= 15 is 0 Å². The van der Waals surface area contributed by atoms with Crippen molar-refractivity contribution in [2.24, 2.45) is 11.8 Å². The molecule has 2 N–H and O–H groups in total. The van der Waals surface area contributed by atoms with Crippen molar-refractivity contribution in [2.45, 2.75) is 25.7 Å². The molecule has 0 aromatic carbocycles. The molecule has 0 aromatic rings. The van der Waals surface area contributed by atoms with Crippen LogP contribution in [0.3, 0.4) is 0 Å². The Morgan fingerprint density at radius 3 is 1.71 bits per heavy atom. The maximum absolute atomic E-state index is 12.4. The molecule has 0 atom stereocenters. The summed E-state index contributed by atoms with van der Waals surface area (Å²) in [6.45, 7) is 2.20. The van der Waals surface area contributed by atoms with Crippen LogP contribution in [-0.2, 0) is 9.59 Å². The number of hydrogen-bond donors (Lipinski definition) is 2. The lowest BCUT2D eigenvalue weighted by atomic mass is 9.95. The van der Waals surface area contributed by atoms with Gasteiger partial charge in [0.2, 0.25) is 5.91 Å². The summed E-state index contributed by atoms with van der Waals surface area (Å²) in [7, 11) is 1.63. The monoisotopic (exact) mass is 297 g/mol. The lowest BCUT2D eigenvalue weighted by Crippen LogP contribution is -2.50. The largest absolute Gasteiger partial charge is 0.481 e. The van der Waals surface area contributed by atoms with E-state index < -0.39 is 5.97 Å². The number of carbonyl (C=O) groups excluding carboxylic acids is 2. The fraction of sp³-hybridized carbons (Fsp3) is 0.786. The van der Waals surface area contributed by atoms with Crippen molar-refractivity contribution < 1.29 is 19.5 Å². The smallest absolute Gasteiger partial charge is 0.319 e. The number of rotatable bonds is 2. The van der Waals surface area contributed by atoms with E-state index in [1.807, 2.05) is 0 Å². The Hall–Kier alpha value is -1.79. The third-order valence-corrected chi connectivity index (χ3v) is 4.50. The highest BCUT2D eigenvalue weighted by molar-refractivity contribution is 5.79. The lowest BCUT2D eigenvalue weighted by molar-refractivity contribution is -0.143. The number of carboxylic acid groups (broad SMARTS) is 1. The average molecular weight is 297 g/mol. The van der Waals surface area contributed by atoms with Crippen LogP contribution in [0, 0.1) is 11.8 Å². The van der Waals surface area contributed by atoms with E-state index in [0.29, 0.717) is 51.9 Å². The molecule has 3 amide bonds. The number of aliphatic carboxylic acids is 1. The number of likely N-dealkylation sites (tertiary alicyclic amines) is 2. The van der Waals surface area contributed by atoms with E-state index in [9.17, 15) is 14.4 Å². The molecule has 21 heavy (non-hydrogen) atoms. The van der Waals surface area contributed by atoms with Crippen LogP contribution in [-0.4, -0.2) is 66.0 Å². The van der Waals surface area contributed by atoms with Crippen LogP contribution in [0.25, 0.3) is 0 Å². The van der Waals surface area contributed by atoms with Crippen LogP contribution >= 0.6 is 0 Å². The molecule has 7 nitrogen and oxygen atoms in total. The molecule has 0 spiro atoms. The SMILES string of the molecule is CNC(=O)C1CCN(C(=O)N2CCC(C(=O)O)CC2)CC1. The van der Waals surface area contributed by atoms with E-state index in [1.54, 1.807) is 16.8 Å². The second kappa shape index (κ2) is 6.78. The Morgan fingerprint density at radius 1 is 0.905 bits per heavy atom. The zero-order valence-electron chi connectivity index (χ0n) is 12.4. The Morgan fingerprint density at radius 2 is 1.33 bits per heavy atom. The summed E-state index contributed by atoms with van der Waals surface area (Å²) in [4.78, 5) is 38.4. The van der Waals surface area contributed by atoms with E-state index in [2.05, 4.69) is 5.32 Å². The molecule has 0 aromatic heterocycles. The quantitative estimate of drug-likeness (QED) is 0.770. The minimum absolute atomic E-state index is 0.00297. The van der Waals surface area contributed by atoms with Gasteiger partial charge < -0.3 is 20.2 Å². The zero-order valence-corrected chi connectivity index (χ0v) is 12.4. The first-order valence-corrected chi connectivity index (χ1v) is 7.51. The second-order valence-corrected chi connectivity index (χ2v) is 5.76. The van der Waals surface area contributed by atoms with Crippen molar-refractivity contribution in [1.82, 2.24) is 15.1 Å². The number of piperidine rings is 2. The van der Waals surface area contributed by atoms with Gasteiger partial charge in [0, 0.05) is 39.1 Å². The van der Waals surface area contributed by atoms with Gasteiger partial charge in [-0.15, -0.1) is 0 Å². The van der Waals surface area contributed by atoms with Gasteiger partial charge in [-0.25, -0.2) is 4.79 Å². The molecule has 0 radical (unpaired) electrons. The standard InChI is InChI=1S/C14H23N3O4/c1-15-12(18)10-2-6-16(7-3-10)14(21)17-8-4-11(5-9-17)13(19)20/h10-11H,2-9H2,1H3,(H,15,18)(H,19,20). The first kappa shape index (κ1) is 15.6. The first-order valence-electron chi connectivity index (χ1n) is 7.51. The van der Waals surface area contributed by atoms with Crippen LogP contribution in [0.4, 0.5) is 4.79 Å². The molecular weight excluding hydrogens is 274 g/mol. The summed E-state index contributed by atoms with van der Waals surface area (Å²) in [5, 5.41) is 11.6. The molecule has 0 bridgehead atoms. The van der Waals surface area contributed by atoms with Crippen LogP contribution in [0.2, 0.25) is 0 Å². The minimum atomic E-state index is -0.770. The molecule has 2 aliphatic heterocycles. The van der Waals surface area contributed by atoms with Crippen LogP contribution in [0.1, 0.15) is 25.7 Å². The Labute approximate surface area is 124 Å². The van der Waals surface area contributed by atoms with Gasteiger partial charge in [-0.1, -0.05) is 0 Å². The van der Waals surface area contributed by atoms with Crippen molar-refractivity contribution in [3.05, 3.63) is 0 Å². The summed E-state index contributed by atoms with van der Waals surface area (Å²) < 4.78 is 0. The third kappa shape index (κ3) is 3.65. The fourth-order valence-corrected chi connectivity index (χ4v) is 3.05. The molecule has 2 saturated heterocycles. The summed E-state index contributed by atoms with van der Waals surface area (Å²) in [6.07, 6.45) is 2.43. The Kier molecular flexibility index (Phi) is 5.03. The summed E-state index contributed by atoms with van der Waals surface area (Å²) in [6, 6.07) is -0.0193. The third-order valence-electron chi connectivity index (χ3n) is 4.50. The van der Waals surface area contributed by atoms with Crippen molar-refractivity contribution in [2.75, 3.05) is 33.2 Å². The number of amides is 3. The predicted octanol–water partition coefficient (Wildman–Crippen LogP) is 0.361. The Bertz CT molecular complexity index is 410. The molecule has 0 unspecified atom stereocenters. The number of nitrogens with one attached hydrogen (secondary N) is 1. The van der Waals surface area contributed by atoms with Crippen LogP contribution in [0.15, 0.2) is 0 Å². The highest BCUT2D eigenvalue weighted by atomic mass is 16.4. The maximum atomic E-state index is 12.4. The molecule has 0 aliphatic carbocycles. The molecular formula is C14H23N3O4. The summed E-state index contributed by atoms with van der Waals surface area (Å²) in [5.41, 5.74) is 0. The van der Waals surface area contributed by atoms with Gasteiger partial charge in [0.05, 0.1) is 5.92 Å². The van der Waals surface area contributed by atoms with Crippen molar-refractivity contribution >= 4 is 17.9 Å². The first-order chi connectivity index (χ1) is 10.0. The number of nitrogens with zero attached hydrogens (tertiary/aromatic N) is 2. The van der Waals surface area contributed by atoms with Crippen LogP contribution in [0.5, 0.6) is 0 Å². The number of carbonyl (C=O) groups is 3. The van der Waals surface area contributed by atoms with Gasteiger partial charge in [-0.2, -0.15) is 0 Å². The summed E-state index contributed by atoms with van der Waals surface area (Å²) >= 11 is 0. The van der Waals surface area contributed by atoms with Gasteiger partial charge in [0.1, 0.15) is 0 Å². The topological polar surface area (TPSA) is 90.0 Å². The second-order valence-electron chi connectivity index (χ2n) is 5.76. The van der Waals surface area contributed by atoms with Crippen molar-refractivity contribution in [1.29, 1.82) is 0 Å². The normalized spacial score (nSPS) is 21.2. The van der Waals surface area contributed by atoms with E-state index in [0.717, 1.165) is 0 Å². The van der Waals surface area contributed by atoms with Gasteiger partial charge >= 0.3 is 12.0 Å². The molecule has 2 heterocycles. The minimum Gasteiger partial charge on any atom is -0.481 e. The number of urea groups is 1. The Balaban J connectivity index is 1.80. The molecule has 118 valence electrons. The van der Waals surface area contributed by atoms with E-state index in [-0.39, 0.29) is 23.8 Å². The van der Waals surface area contributed by atoms with E-state index in [4.69, 9.17) is 5.11 Å². The molecule has 0 saturated carbocycles. The fourth-order valence-electron chi connectivity index (χ4n) is 3.05. The van der Waals surface area contributed by atoms with Gasteiger partial charge in [-0.05, 0) is 25.7 Å². The number of hydrogen-bond acceptors (Lipinski definition) is 3. The predicted molar refractivity (Wildman–Crippen MR) is 75.7 cm³/mol. The van der Waals surface area contributed by atoms with Crippen molar-refractivity contribution in [3.63, 3.8) is 0 Å². The van der Waals surface area contributed by atoms with Crippen LogP contribution < -0.4 is 5.32 Å². The maximum Gasteiger partial charge on any atom is 0.319 e.